The van der Waals surface area contributed by atoms with Crippen LogP contribution in [0.3, 0.4) is 0 Å². The molecule has 0 bridgehead atoms. The highest BCUT2D eigenvalue weighted by atomic mass is 16.4. The summed E-state index contributed by atoms with van der Waals surface area (Å²) < 4.78 is 0. The van der Waals surface area contributed by atoms with E-state index in [9.17, 15) is 4.79 Å². The van der Waals surface area contributed by atoms with E-state index in [0.29, 0.717) is 6.54 Å². The van der Waals surface area contributed by atoms with Crippen LogP contribution in [0.5, 0.6) is 0 Å². The number of nitrogens with zero attached hydrogens (tertiary/aromatic N) is 1. The molecule has 19 heavy (non-hydrogen) atoms. The van der Waals surface area contributed by atoms with E-state index in [4.69, 9.17) is 5.11 Å². The molecule has 0 aromatic carbocycles. The Morgan fingerprint density at radius 1 is 1.42 bits per heavy atom. The van der Waals surface area contributed by atoms with Crippen LogP contribution in [-0.4, -0.2) is 22.6 Å². The van der Waals surface area contributed by atoms with Crippen molar-refractivity contribution in [2.45, 2.75) is 39.2 Å². The van der Waals surface area contributed by atoms with Gasteiger partial charge in [-0.1, -0.05) is 32.3 Å². The lowest BCUT2D eigenvalue weighted by Crippen LogP contribution is -2.29. The van der Waals surface area contributed by atoms with Crippen molar-refractivity contribution in [3.8, 4) is 0 Å². The molecule has 2 N–H and O–H groups in total. The van der Waals surface area contributed by atoms with Crippen LogP contribution in [0, 0.1) is 11.8 Å². The van der Waals surface area contributed by atoms with E-state index in [0.717, 1.165) is 24.1 Å². The molecular formula is C15H22N2O2. The smallest absolute Gasteiger partial charge is 0.354 e. The minimum atomic E-state index is -0.970. The lowest BCUT2D eigenvalue weighted by Gasteiger charge is -2.28. The summed E-state index contributed by atoms with van der Waals surface area (Å²) in [5, 5.41) is 12.3. The number of aromatic nitrogens is 1. The van der Waals surface area contributed by atoms with Crippen LogP contribution in [0.2, 0.25) is 0 Å². The first-order chi connectivity index (χ1) is 9.16. The fourth-order valence-electron chi connectivity index (χ4n) is 2.78. The van der Waals surface area contributed by atoms with Gasteiger partial charge in [0.2, 0.25) is 0 Å². The molecule has 2 rings (SSSR count). The van der Waals surface area contributed by atoms with Gasteiger partial charge in [-0.3, -0.25) is 0 Å². The molecule has 0 amide bonds. The first kappa shape index (κ1) is 14.0. The van der Waals surface area contributed by atoms with Gasteiger partial charge in [0.15, 0.2) is 0 Å². The molecule has 1 aromatic rings. The minimum absolute atomic E-state index is 0.116. The molecule has 1 fully saturated rings. The molecule has 1 aliphatic rings. The van der Waals surface area contributed by atoms with E-state index < -0.39 is 5.97 Å². The van der Waals surface area contributed by atoms with Crippen molar-refractivity contribution >= 4 is 5.97 Å². The van der Waals surface area contributed by atoms with Crippen LogP contribution in [0.15, 0.2) is 18.2 Å². The van der Waals surface area contributed by atoms with Gasteiger partial charge in [0.25, 0.3) is 0 Å². The van der Waals surface area contributed by atoms with Crippen molar-refractivity contribution in [1.29, 1.82) is 0 Å². The SMILES string of the molecule is CC1CCCCC1CNCc1cccc(C(=O)O)n1. The highest BCUT2D eigenvalue weighted by Crippen LogP contribution is 2.28. The molecule has 0 radical (unpaired) electrons. The van der Waals surface area contributed by atoms with Crippen molar-refractivity contribution in [3.05, 3.63) is 29.6 Å². The Hall–Kier alpha value is -1.42. The zero-order valence-corrected chi connectivity index (χ0v) is 11.4. The van der Waals surface area contributed by atoms with Crippen molar-refractivity contribution in [2.75, 3.05) is 6.54 Å². The minimum Gasteiger partial charge on any atom is -0.477 e. The van der Waals surface area contributed by atoms with Crippen LogP contribution in [0.1, 0.15) is 48.8 Å². The van der Waals surface area contributed by atoms with Gasteiger partial charge in [-0.2, -0.15) is 0 Å². The normalized spacial score (nSPS) is 23.2. The van der Waals surface area contributed by atoms with Gasteiger partial charge in [0.05, 0.1) is 5.69 Å². The van der Waals surface area contributed by atoms with Gasteiger partial charge in [-0.25, -0.2) is 9.78 Å². The zero-order valence-electron chi connectivity index (χ0n) is 11.4. The standard InChI is InChI=1S/C15H22N2O2/c1-11-5-2-3-6-12(11)9-16-10-13-7-4-8-14(17-13)15(18)19/h4,7-8,11-12,16H,2-3,5-6,9-10H2,1H3,(H,18,19). The third-order valence-corrected chi connectivity index (χ3v) is 4.03. The number of carbonyl (C=O) groups is 1. The average Bonchev–Trinajstić information content (AvgIpc) is 2.41. The molecule has 0 saturated heterocycles. The zero-order chi connectivity index (χ0) is 13.7. The maximum atomic E-state index is 10.8. The molecule has 0 aliphatic heterocycles. The van der Waals surface area contributed by atoms with E-state index >= 15 is 0 Å². The van der Waals surface area contributed by atoms with Crippen LogP contribution in [-0.2, 0) is 6.54 Å². The predicted molar refractivity (Wildman–Crippen MR) is 74.0 cm³/mol. The second-order valence-electron chi connectivity index (χ2n) is 5.47. The molecule has 4 heteroatoms. The summed E-state index contributed by atoms with van der Waals surface area (Å²) in [6, 6.07) is 5.13. The van der Waals surface area contributed by atoms with Crippen molar-refractivity contribution < 1.29 is 9.90 Å². The van der Waals surface area contributed by atoms with Crippen LogP contribution >= 0.6 is 0 Å². The van der Waals surface area contributed by atoms with Crippen LogP contribution in [0.4, 0.5) is 0 Å². The Labute approximate surface area is 114 Å². The number of nitrogens with one attached hydrogen (secondary N) is 1. The van der Waals surface area contributed by atoms with E-state index in [1.54, 1.807) is 6.07 Å². The molecule has 0 spiro atoms. The Morgan fingerprint density at radius 3 is 2.95 bits per heavy atom. The number of rotatable bonds is 5. The second kappa shape index (κ2) is 6.66. The summed E-state index contributed by atoms with van der Waals surface area (Å²) >= 11 is 0. The number of carboxylic acids is 1. The third kappa shape index (κ3) is 4.03. The van der Waals surface area contributed by atoms with Gasteiger partial charge in [-0.15, -0.1) is 0 Å². The summed E-state index contributed by atoms with van der Waals surface area (Å²) in [5.74, 6) is 0.568. The Balaban J connectivity index is 1.82. The number of hydrogen-bond donors (Lipinski definition) is 2. The number of pyridine rings is 1. The molecular weight excluding hydrogens is 240 g/mol. The van der Waals surface area contributed by atoms with Crippen LogP contribution < -0.4 is 5.32 Å². The number of carboxylic acid groups (broad SMARTS) is 1. The molecule has 1 saturated carbocycles. The molecule has 104 valence electrons. The summed E-state index contributed by atoms with van der Waals surface area (Å²) in [4.78, 5) is 14.9. The lowest BCUT2D eigenvalue weighted by atomic mass is 9.80. The predicted octanol–water partition coefficient (Wildman–Crippen LogP) is 2.70. The summed E-state index contributed by atoms with van der Waals surface area (Å²) in [5.41, 5.74) is 0.911. The Morgan fingerprint density at radius 2 is 2.21 bits per heavy atom. The van der Waals surface area contributed by atoms with Crippen molar-refractivity contribution in [3.63, 3.8) is 0 Å². The maximum Gasteiger partial charge on any atom is 0.354 e. The van der Waals surface area contributed by atoms with E-state index in [1.165, 1.54) is 31.7 Å². The summed E-state index contributed by atoms with van der Waals surface area (Å²) in [6.45, 7) is 3.97. The highest BCUT2D eigenvalue weighted by molar-refractivity contribution is 5.85. The van der Waals surface area contributed by atoms with E-state index in [1.807, 2.05) is 6.07 Å². The summed E-state index contributed by atoms with van der Waals surface area (Å²) in [6.07, 6.45) is 5.33. The fourth-order valence-corrected chi connectivity index (χ4v) is 2.78. The van der Waals surface area contributed by atoms with Gasteiger partial charge >= 0.3 is 5.97 Å². The topological polar surface area (TPSA) is 62.2 Å². The third-order valence-electron chi connectivity index (χ3n) is 4.03. The molecule has 1 aliphatic carbocycles. The number of aromatic carboxylic acids is 1. The largest absolute Gasteiger partial charge is 0.477 e. The molecule has 2 unspecified atom stereocenters. The molecule has 2 atom stereocenters. The maximum absolute atomic E-state index is 10.8. The van der Waals surface area contributed by atoms with Crippen molar-refractivity contribution in [2.24, 2.45) is 11.8 Å². The van der Waals surface area contributed by atoms with E-state index in [-0.39, 0.29) is 5.69 Å². The lowest BCUT2D eigenvalue weighted by molar-refractivity contribution is 0.0690. The first-order valence-electron chi connectivity index (χ1n) is 7.07. The number of hydrogen-bond acceptors (Lipinski definition) is 3. The summed E-state index contributed by atoms with van der Waals surface area (Å²) in [7, 11) is 0. The molecule has 1 aromatic heterocycles. The second-order valence-corrected chi connectivity index (χ2v) is 5.47. The quantitative estimate of drug-likeness (QED) is 0.856. The van der Waals surface area contributed by atoms with Gasteiger partial charge in [-0.05, 0) is 36.9 Å². The highest BCUT2D eigenvalue weighted by Gasteiger charge is 2.20. The monoisotopic (exact) mass is 262 g/mol. The fraction of sp³-hybridized carbons (Fsp3) is 0.600. The van der Waals surface area contributed by atoms with Crippen LogP contribution in [0.25, 0.3) is 0 Å². The van der Waals surface area contributed by atoms with Gasteiger partial charge in [0, 0.05) is 6.54 Å². The Bertz CT molecular complexity index is 434. The first-order valence-corrected chi connectivity index (χ1v) is 7.07. The van der Waals surface area contributed by atoms with Crippen molar-refractivity contribution in [1.82, 2.24) is 10.3 Å². The Kier molecular flexibility index (Phi) is 4.91. The molecule has 1 heterocycles. The average molecular weight is 262 g/mol. The van der Waals surface area contributed by atoms with Gasteiger partial charge < -0.3 is 10.4 Å². The molecule has 4 nitrogen and oxygen atoms in total. The van der Waals surface area contributed by atoms with E-state index in [2.05, 4.69) is 17.2 Å². The van der Waals surface area contributed by atoms with Gasteiger partial charge in [0.1, 0.15) is 5.69 Å².